The van der Waals surface area contributed by atoms with Crippen LogP contribution in [0.4, 0.5) is 5.69 Å². The topological polar surface area (TPSA) is 79.9 Å². The number of anilines is 1. The summed E-state index contributed by atoms with van der Waals surface area (Å²) in [5.74, 6) is -0.195. The number of nitrogens with zero attached hydrogens (tertiary/aromatic N) is 3. The van der Waals surface area contributed by atoms with E-state index in [-0.39, 0.29) is 5.91 Å². The van der Waals surface area contributed by atoms with E-state index in [4.69, 9.17) is 33.2 Å². The average Bonchev–Trinajstić information content (AvgIpc) is 3.02. The van der Waals surface area contributed by atoms with Gasteiger partial charge in [0.15, 0.2) is 5.16 Å². The van der Waals surface area contributed by atoms with Crippen LogP contribution >= 0.6 is 35.0 Å². The summed E-state index contributed by atoms with van der Waals surface area (Å²) >= 11 is 13.5. The van der Waals surface area contributed by atoms with Gasteiger partial charge in [-0.3, -0.25) is 4.79 Å². The normalized spacial score (nSPS) is 12.0. The molecule has 0 bridgehead atoms. The third kappa shape index (κ3) is 5.03. The number of hydrogen-bond acceptors (Lipinski definition) is 5. The van der Waals surface area contributed by atoms with Crippen molar-refractivity contribution in [3.8, 4) is 6.07 Å². The van der Waals surface area contributed by atoms with Gasteiger partial charge in [0.2, 0.25) is 5.91 Å². The maximum Gasteiger partial charge on any atom is 0.237 e. The molecule has 0 aliphatic carbocycles. The minimum absolute atomic E-state index is 0.195. The standard InChI is InChI=1S/C20H18Cl2N4O2S/c1-12(19(27)24-15-5-3-13(11-23)16(22)10-15)29-20-25-17-9-14(21)4-6-18(17)26(20)7-8-28-2/h3-6,9-10,12H,7-8H2,1-2H3,(H,24,27). The van der Waals surface area contributed by atoms with Crippen molar-refractivity contribution in [2.45, 2.75) is 23.9 Å². The van der Waals surface area contributed by atoms with Gasteiger partial charge in [0.1, 0.15) is 6.07 Å². The van der Waals surface area contributed by atoms with Crippen molar-refractivity contribution in [3.05, 3.63) is 52.0 Å². The van der Waals surface area contributed by atoms with E-state index in [1.165, 1.54) is 11.8 Å². The van der Waals surface area contributed by atoms with Gasteiger partial charge in [0, 0.05) is 24.4 Å². The fraction of sp³-hybridized carbons (Fsp3) is 0.250. The van der Waals surface area contributed by atoms with Gasteiger partial charge in [-0.25, -0.2) is 4.98 Å². The number of carbonyl (C=O) groups excluding carboxylic acids is 1. The molecule has 29 heavy (non-hydrogen) atoms. The summed E-state index contributed by atoms with van der Waals surface area (Å²) < 4.78 is 7.22. The van der Waals surface area contributed by atoms with Crippen molar-refractivity contribution in [3.63, 3.8) is 0 Å². The number of benzene rings is 2. The predicted molar refractivity (Wildman–Crippen MR) is 117 cm³/mol. The number of carbonyl (C=O) groups is 1. The van der Waals surface area contributed by atoms with Crippen LogP contribution in [0, 0.1) is 11.3 Å². The molecule has 0 aliphatic heterocycles. The largest absolute Gasteiger partial charge is 0.383 e. The number of thioether (sulfide) groups is 1. The lowest BCUT2D eigenvalue weighted by molar-refractivity contribution is -0.115. The highest BCUT2D eigenvalue weighted by Gasteiger charge is 2.20. The van der Waals surface area contributed by atoms with Crippen molar-refractivity contribution >= 4 is 57.6 Å². The summed E-state index contributed by atoms with van der Waals surface area (Å²) in [6.45, 7) is 2.93. The zero-order chi connectivity index (χ0) is 21.0. The highest BCUT2D eigenvalue weighted by Crippen LogP contribution is 2.29. The second kappa shape index (κ2) is 9.51. The molecule has 1 atom stereocenters. The Hall–Kier alpha value is -2.24. The molecule has 1 unspecified atom stereocenters. The lowest BCUT2D eigenvalue weighted by Gasteiger charge is -2.13. The molecule has 1 aromatic heterocycles. The zero-order valence-electron chi connectivity index (χ0n) is 15.8. The first-order chi connectivity index (χ1) is 13.9. The number of rotatable bonds is 7. The van der Waals surface area contributed by atoms with Gasteiger partial charge >= 0.3 is 0 Å². The second-order valence-electron chi connectivity index (χ2n) is 6.23. The number of amides is 1. The summed E-state index contributed by atoms with van der Waals surface area (Å²) in [6, 6.07) is 12.3. The first kappa shape index (κ1) is 21.5. The SMILES string of the molecule is COCCn1c(SC(C)C(=O)Nc2ccc(C#N)c(Cl)c2)nc2cc(Cl)ccc21. The maximum atomic E-state index is 12.7. The Labute approximate surface area is 182 Å². The first-order valence-electron chi connectivity index (χ1n) is 8.75. The molecule has 150 valence electrons. The van der Waals surface area contributed by atoms with E-state index in [0.29, 0.717) is 39.6 Å². The van der Waals surface area contributed by atoms with Crippen molar-refractivity contribution in [2.24, 2.45) is 0 Å². The molecule has 0 radical (unpaired) electrons. The van der Waals surface area contributed by atoms with Crippen LogP contribution in [0.3, 0.4) is 0 Å². The van der Waals surface area contributed by atoms with Crippen LogP contribution in [0.1, 0.15) is 12.5 Å². The van der Waals surface area contributed by atoms with Crippen LogP contribution in [0.5, 0.6) is 0 Å². The number of halogens is 2. The first-order valence-corrected chi connectivity index (χ1v) is 10.4. The Morgan fingerprint density at radius 1 is 1.34 bits per heavy atom. The zero-order valence-corrected chi connectivity index (χ0v) is 18.1. The molecule has 2 aromatic carbocycles. The molecule has 9 heteroatoms. The van der Waals surface area contributed by atoms with Crippen LogP contribution in [0.25, 0.3) is 11.0 Å². The van der Waals surface area contributed by atoms with Gasteiger partial charge in [-0.2, -0.15) is 5.26 Å². The van der Waals surface area contributed by atoms with Gasteiger partial charge in [0.05, 0.1) is 33.5 Å². The van der Waals surface area contributed by atoms with Crippen LogP contribution in [0.2, 0.25) is 10.0 Å². The molecule has 6 nitrogen and oxygen atoms in total. The van der Waals surface area contributed by atoms with Gasteiger partial charge in [-0.05, 0) is 43.3 Å². The summed E-state index contributed by atoms with van der Waals surface area (Å²) in [7, 11) is 1.64. The number of aromatic nitrogens is 2. The molecular formula is C20H18Cl2N4O2S. The molecule has 3 aromatic rings. The van der Waals surface area contributed by atoms with Crippen molar-refractivity contribution < 1.29 is 9.53 Å². The highest BCUT2D eigenvalue weighted by atomic mass is 35.5. The molecule has 1 heterocycles. The third-order valence-electron chi connectivity index (χ3n) is 4.20. The van der Waals surface area contributed by atoms with Crippen LogP contribution in [-0.4, -0.2) is 34.4 Å². The van der Waals surface area contributed by atoms with E-state index in [9.17, 15) is 4.79 Å². The predicted octanol–water partition coefficient (Wildman–Crippen LogP) is 4.98. The molecule has 0 saturated carbocycles. The summed E-state index contributed by atoms with van der Waals surface area (Å²) in [5.41, 5.74) is 2.59. The summed E-state index contributed by atoms with van der Waals surface area (Å²) in [6.07, 6.45) is 0. The Kier molecular flexibility index (Phi) is 7.04. The van der Waals surface area contributed by atoms with E-state index in [0.717, 1.165) is 11.0 Å². The lowest BCUT2D eigenvalue weighted by Crippen LogP contribution is -2.23. The molecule has 0 saturated heterocycles. The van der Waals surface area contributed by atoms with Crippen molar-refractivity contribution in [2.75, 3.05) is 19.0 Å². The second-order valence-corrected chi connectivity index (χ2v) is 8.38. The molecular weight excluding hydrogens is 431 g/mol. The molecule has 1 amide bonds. The quantitative estimate of drug-likeness (QED) is 0.515. The highest BCUT2D eigenvalue weighted by molar-refractivity contribution is 8.00. The molecule has 0 aliphatic rings. The number of fused-ring (bicyclic) bond motifs is 1. The number of hydrogen-bond donors (Lipinski definition) is 1. The van der Waals surface area contributed by atoms with Gasteiger partial charge in [0.25, 0.3) is 0 Å². The van der Waals surface area contributed by atoms with E-state index in [2.05, 4.69) is 10.3 Å². The minimum atomic E-state index is -0.419. The molecule has 0 fully saturated rings. The van der Waals surface area contributed by atoms with Crippen LogP contribution in [0.15, 0.2) is 41.6 Å². The van der Waals surface area contributed by atoms with E-state index >= 15 is 0 Å². The molecule has 3 rings (SSSR count). The Morgan fingerprint density at radius 3 is 2.83 bits per heavy atom. The van der Waals surface area contributed by atoms with E-state index in [1.54, 1.807) is 38.3 Å². The number of imidazole rings is 1. The number of methoxy groups -OCH3 is 1. The Morgan fingerprint density at radius 2 is 2.14 bits per heavy atom. The number of nitriles is 1. The van der Waals surface area contributed by atoms with Gasteiger partial charge in [-0.15, -0.1) is 0 Å². The third-order valence-corrected chi connectivity index (χ3v) is 5.84. The number of nitrogens with one attached hydrogen (secondary N) is 1. The monoisotopic (exact) mass is 448 g/mol. The van der Waals surface area contributed by atoms with Crippen molar-refractivity contribution in [1.29, 1.82) is 5.26 Å². The Balaban J connectivity index is 1.79. The smallest absolute Gasteiger partial charge is 0.237 e. The maximum absolute atomic E-state index is 12.7. The lowest BCUT2D eigenvalue weighted by atomic mass is 10.2. The summed E-state index contributed by atoms with van der Waals surface area (Å²) in [5, 5.41) is 13.0. The Bertz CT molecular complexity index is 1090. The average molecular weight is 449 g/mol. The fourth-order valence-corrected chi connectivity index (χ4v) is 4.05. The van der Waals surface area contributed by atoms with Gasteiger partial charge in [-0.1, -0.05) is 35.0 Å². The fourth-order valence-electron chi connectivity index (χ4n) is 2.71. The molecule has 1 N–H and O–H groups in total. The summed E-state index contributed by atoms with van der Waals surface area (Å²) in [4.78, 5) is 17.3. The van der Waals surface area contributed by atoms with Crippen LogP contribution < -0.4 is 5.32 Å². The van der Waals surface area contributed by atoms with Gasteiger partial charge < -0.3 is 14.6 Å². The van der Waals surface area contributed by atoms with E-state index in [1.807, 2.05) is 22.8 Å². The molecule has 0 spiro atoms. The van der Waals surface area contributed by atoms with Crippen molar-refractivity contribution in [1.82, 2.24) is 9.55 Å². The van der Waals surface area contributed by atoms with Crippen LogP contribution in [-0.2, 0) is 16.1 Å². The minimum Gasteiger partial charge on any atom is -0.383 e. The van der Waals surface area contributed by atoms with E-state index < -0.39 is 5.25 Å². The number of ether oxygens (including phenoxy) is 1.